The number of nitrogens with zero attached hydrogens (tertiary/aromatic N) is 1. The Labute approximate surface area is 145 Å². The van der Waals surface area contributed by atoms with Crippen LogP contribution < -0.4 is 4.74 Å². The van der Waals surface area contributed by atoms with E-state index in [1.807, 2.05) is 6.92 Å². The first-order chi connectivity index (χ1) is 10.7. The molecular weight excluding hydrogens is 314 g/mol. The number of carbonyl (C=O) groups is 1. The maximum Gasteiger partial charge on any atom is 0.162 e. The van der Waals surface area contributed by atoms with Gasteiger partial charge in [-0.3, -0.25) is 4.79 Å². The summed E-state index contributed by atoms with van der Waals surface area (Å²) in [6.07, 6.45) is 5.07. The summed E-state index contributed by atoms with van der Waals surface area (Å²) in [6, 6.07) is 7.15. The third kappa shape index (κ3) is 6.90. The monoisotopic (exact) mass is 341 g/mol. The highest BCUT2D eigenvalue weighted by Crippen LogP contribution is 2.14. The van der Waals surface area contributed by atoms with Crippen LogP contribution in [0.15, 0.2) is 24.3 Å². The molecule has 2 rings (SSSR count). The lowest BCUT2D eigenvalue weighted by atomic mass is 10.1. The van der Waals surface area contributed by atoms with Gasteiger partial charge in [0.05, 0.1) is 0 Å². The Morgan fingerprint density at radius 3 is 2.35 bits per heavy atom. The molecule has 1 atom stereocenters. The average Bonchev–Trinajstić information content (AvgIpc) is 2.81. The van der Waals surface area contributed by atoms with E-state index in [1.165, 1.54) is 25.7 Å². The minimum Gasteiger partial charge on any atom is -0.491 e. The molecule has 1 aliphatic rings. The molecule has 1 heterocycles. The van der Waals surface area contributed by atoms with Crippen LogP contribution in [0.25, 0.3) is 0 Å². The second-order valence-electron chi connectivity index (χ2n) is 5.98. The fraction of sp³-hybridized carbons (Fsp3) is 0.611. The van der Waals surface area contributed by atoms with Gasteiger partial charge in [0.2, 0.25) is 0 Å². The predicted molar refractivity (Wildman–Crippen MR) is 94.7 cm³/mol. The van der Waals surface area contributed by atoms with Crippen LogP contribution in [0, 0.1) is 0 Å². The minimum absolute atomic E-state index is 0. The molecule has 4 nitrogen and oxygen atoms in total. The number of halogens is 1. The second kappa shape index (κ2) is 10.6. The highest BCUT2D eigenvalue weighted by atomic mass is 35.5. The third-order valence-electron chi connectivity index (χ3n) is 4.11. The molecule has 0 radical (unpaired) electrons. The molecule has 1 unspecified atom stereocenters. The summed E-state index contributed by atoms with van der Waals surface area (Å²) in [6.45, 7) is 4.96. The smallest absolute Gasteiger partial charge is 0.162 e. The van der Waals surface area contributed by atoms with Gasteiger partial charge in [-0.2, -0.15) is 0 Å². The van der Waals surface area contributed by atoms with Crippen molar-refractivity contribution in [3.05, 3.63) is 29.8 Å². The molecule has 1 aliphatic heterocycles. The van der Waals surface area contributed by atoms with Crippen LogP contribution in [-0.2, 0) is 0 Å². The molecule has 1 aromatic rings. The Balaban J connectivity index is 0.00000264. The van der Waals surface area contributed by atoms with Gasteiger partial charge in [0.1, 0.15) is 18.5 Å². The summed E-state index contributed by atoms with van der Waals surface area (Å²) in [5.41, 5.74) is 0.708. The summed E-state index contributed by atoms with van der Waals surface area (Å²) in [5.74, 6) is 0.829. The van der Waals surface area contributed by atoms with E-state index >= 15 is 0 Å². The zero-order valence-corrected chi connectivity index (χ0v) is 14.7. The van der Waals surface area contributed by atoms with Crippen molar-refractivity contribution in [1.82, 2.24) is 4.90 Å². The van der Waals surface area contributed by atoms with Crippen molar-refractivity contribution in [3.8, 4) is 5.75 Å². The molecule has 0 bridgehead atoms. The van der Waals surface area contributed by atoms with Gasteiger partial charge in [-0.05, 0) is 50.2 Å². The van der Waals surface area contributed by atoms with Crippen molar-refractivity contribution in [2.24, 2.45) is 0 Å². The standard InChI is InChI=1S/C18H27NO3.ClH/c1-2-18(21)15-7-9-17(10-8-15)22-14-16(20)13-19-11-5-3-4-6-12-19;/h7-10,16,20H,2-6,11-14H2,1H3;1H. The number of benzene rings is 1. The summed E-state index contributed by atoms with van der Waals surface area (Å²) < 4.78 is 5.62. The molecule has 1 aromatic carbocycles. The van der Waals surface area contributed by atoms with Crippen LogP contribution in [0.5, 0.6) is 5.75 Å². The number of Topliss-reactive ketones (excluding diaryl/α,β-unsaturated/α-hetero) is 1. The van der Waals surface area contributed by atoms with E-state index < -0.39 is 6.10 Å². The first-order valence-corrected chi connectivity index (χ1v) is 8.35. The van der Waals surface area contributed by atoms with Crippen LogP contribution in [0.3, 0.4) is 0 Å². The normalized spacial score (nSPS) is 17.0. The van der Waals surface area contributed by atoms with Crippen LogP contribution in [0.2, 0.25) is 0 Å². The zero-order chi connectivity index (χ0) is 15.8. The van der Waals surface area contributed by atoms with Gasteiger partial charge in [0.15, 0.2) is 5.78 Å². The number of ketones is 1. The number of rotatable bonds is 7. The predicted octanol–water partition coefficient (Wildman–Crippen LogP) is 3.32. The molecule has 23 heavy (non-hydrogen) atoms. The molecule has 1 saturated heterocycles. The summed E-state index contributed by atoms with van der Waals surface area (Å²) in [7, 11) is 0. The number of ether oxygens (including phenoxy) is 1. The number of likely N-dealkylation sites (tertiary alicyclic amines) is 1. The summed E-state index contributed by atoms with van der Waals surface area (Å²) in [4.78, 5) is 13.9. The Morgan fingerprint density at radius 1 is 1.17 bits per heavy atom. The Bertz CT molecular complexity index is 456. The number of aliphatic hydroxyl groups is 1. The molecule has 1 fully saturated rings. The lowest BCUT2D eigenvalue weighted by Crippen LogP contribution is -2.36. The molecular formula is C18H28ClNO3. The molecule has 5 heteroatoms. The topological polar surface area (TPSA) is 49.8 Å². The third-order valence-corrected chi connectivity index (χ3v) is 4.11. The lowest BCUT2D eigenvalue weighted by Gasteiger charge is -2.23. The van der Waals surface area contributed by atoms with Crippen LogP contribution >= 0.6 is 12.4 Å². The van der Waals surface area contributed by atoms with E-state index in [4.69, 9.17) is 4.74 Å². The van der Waals surface area contributed by atoms with Crippen molar-refractivity contribution in [2.45, 2.75) is 45.1 Å². The van der Waals surface area contributed by atoms with E-state index in [-0.39, 0.29) is 24.8 Å². The second-order valence-corrected chi connectivity index (χ2v) is 5.98. The van der Waals surface area contributed by atoms with Crippen molar-refractivity contribution in [1.29, 1.82) is 0 Å². The van der Waals surface area contributed by atoms with E-state index in [1.54, 1.807) is 24.3 Å². The van der Waals surface area contributed by atoms with E-state index in [9.17, 15) is 9.90 Å². The zero-order valence-electron chi connectivity index (χ0n) is 13.9. The molecule has 0 saturated carbocycles. The first-order valence-electron chi connectivity index (χ1n) is 8.35. The molecule has 0 aromatic heterocycles. The maximum absolute atomic E-state index is 11.6. The summed E-state index contributed by atoms with van der Waals surface area (Å²) in [5, 5.41) is 10.1. The number of aliphatic hydroxyl groups excluding tert-OH is 1. The number of carbonyl (C=O) groups excluding carboxylic acids is 1. The van der Waals surface area contributed by atoms with E-state index in [0.29, 0.717) is 24.3 Å². The van der Waals surface area contributed by atoms with E-state index in [2.05, 4.69) is 4.90 Å². The Morgan fingerprint density at radius 2 is 1.78 bits per heavy atom. The largest absolute Gasteiger partial charge is 0.491 e. The minimum atomic E-state index is -0.477. The van der Waals surface area contributed by atoms with E-state index in [0.717, 1.165) is 13.1 Å². The number of β-amino-alcohol motifs (C(OH)–C–C–N with tert-alkyl or cyclic N) is 1. The van der Waals surface area contributed by atoms with Crippen LogP contribution in [0.1, 0.15) is 49.4 Å². The SMILES string of the molecule is CCC(=O)c1ccc(OCC(O)CN2CCCCCC2)cc1.Cl. The molecule has 0 spiro atoms. The average molecular weight is 342 g/mol. The van der Waals surface area contributed by atoms with Crippen molar-refractivity contribution in [3.63, 3.8) is 0 Å². The van der Waals surface area contributed by atoms with Gasteiger partial charge >= 0.3 is 0 Å². The highest BCUT2D eigenvalue weighted by molar-refractivity contribution is 5.95. The maximum atomic E-state index is 11.6. The van der Waals surface area contributed by atoms with Crippen LogP contribution in [0.4, 0.5) is 0 Å². The Kier molecular flexibility index (Phi) is 9.22. The number of hydrogen-bond donors (Lipinski definition) is 1. The quantitative estimate of drug-likeness (QED) is 0.773. The van der Waals surface area contributed by atoms with Crippen molar-refractivity contribution < 1.29 is 14.6 Å². The highest BCUT2D eigenvalue weighted by Gasteiger charge is 2.14. The lowest BCUT2D eigenvalue weighted by molar-refractivity contribution is 0.0693. The van der Waals surface area contributed by atoms with Gasteiger partial charge in [0, 0.05) is 18.5 Å². The summed E-state index contributed by atoms with van der Waals surface area (Å²) >= 11 is 0. The van der Waals surface area contributed by atoms with Crippen LogP contribution in [-0.4, -0.2) is 48.1 Å². The van der Waals surface area contributed by atoms with Gasteiger partial charge in [-0.1, -0.05) is 19.8 Å². The van der Waals surface area contributed by atoms with Crippen molar-refractivity contribution >= 4 is 18.2 Å². The van der Waals surface area contributed by atoms with Gasteiger partial charge < -0.3 is 14.7 Å². The fourth-order valence-corrected chi connectivity index (χ4v) is 2.80. The van der Waals surface area contributed by atoms with Gasteiger partial charge in [0.25, 0.3) is 0 Å². The molecule has 0 amide bonds. The first kappa shape index (κ1) is 19.9. The number of hydrogen-bond acceptors (Lipinski definition) is 4. The molecule has 1 N–H and O–H groups in total. The molecule has 0 aliphatic carbocycles. The fourth-order valence-electron chi connectivity index (χ4n) is 2.80. The molecule has 130 valence electrons. The van der Waals surface area contributed by atoms with Gasteiger partial charge in [-0.15, -0.1) is 12.4 Å². The van der Waals surface area contributed by atoms with Crippen molar-refractivity contribution in [2.75, 3.05) is 26.2 Å². The Hall–Kier alpha value is -1.10. The van der Waals surface area contributed by atoms with Gasteiger partial charge in [-0.25, -0.2) is 0 Å².